The molecule has 2 aliphatic carbocycles. The Morgan fingerprint density at radius 1 is 1.06 bits per heavy atom. The number of pyridine rings is 1. The molecule has 4 amide bonds. The predicted octanol–water partition coefficient (Wildman–Crippen LogP) is 3.36. The first-order valence-corrected chi connectivity index (χ1v) is 18.4. The number of nitrogens with one attached hydrogen (secondary N) is 3. The van der Waals surface area contributed by atoms with Gasteiger partial charge in [0, 0.05) is 18.0 Å². The van der Waals surface area contributed by atoms with Crippen LogP contribution in [-0.2, 0) is 33.6 Å². The summed E-state index contributed by atoms with van der Waals surface area (Å²) >= 11 is 0. The molecule has 1 aliphatic heterocycles. The first kappa shape index (κ1) is 38.1. The average molecular weight is 732 g/mol. The van der Waals surface area contributed by atoms with Gasteiger partial charge < -0.3 is 29.7 Å². The summed E-state index contributed by atoms with van der Waals surface area (Å²) < 4.78 is 49.6. The standard InChI is InChI=1S/C35H49N5O10S/c1-20-18-35(20,30(43)39-51(45,46)50-34(8)13-14-34)38-27(41)25-17-23(48-28-24-11-10-22(47-9)16-21(24)12-15-36-28)19-40(25)29(42)26(32(2,3)4)37-31(44)49-33(5,6)7/h10-12,15-16,20,23,25-26H,13-14,17-19H2,1-9H3,(H,37,44)(H,38,41)(H,39,43)/t20-,23-,25?,26-,35-/m1/s1. The van der Waals surface area contributed by atoms with Gasteiger partial charge in [0.05, 0.1) is 19.3 Å². The van der Waals surface area contributed by atoms with Crippen LogP contribution in [0.4, 0.5) is 4.79 Å². The van der Waals surface area contributed by atoms with Crippen molar-refractivity contribution in [2.24, 2.45) is 11.3 Å². The molecule has 15 nitrogen and oxygen atoms in total. The van der Waals surface area contributed by atoms with Crippen molar-refractivity contribution >= 4 is 44.9 Å². The molecule has 2 saturated carbocycles. The molecule has 0 bridgehead atoms. The van der Waals surface area contributed by atoms with Crippen LogP contribution in [0.3, 0.4) is 0 Å². The summed E-state index contributed by atoms with van der Waals surface area (Å²) in [6, 6.07) is 4.94. The van der Waals surface area contributed by atoms with Crippen LogP contribution in [0.2, 0.25) is 0 Å². The fourth-order valence-corrected chi connectivity index (χ4v) is 7.29. The van der Waals surface area contributed by atoms with Gasteiger partial charge in [-0.2, -0.15) is 8.42 Å². The quantitative estimate of drug-likeness (QED) is 0.307. The third-order valence-electron chi connectivity index (χ3n) is 9.38. The van der Waals surface area contributed by atoms with Gasteiger partial charge in [0.2, 0.25) is 17.7 Å². The molecule has 1 aromatic carbocycles. The molecule has 280 valence electrons. The lowest BCUT2D eigenvalue weighted by molar-refractivity contribution is -0.143. The number of carbonyl (C=O) groups excluding carboxylic acids is 4. The Morgan fingerprint density at radius 2 is 1.73 bits per heavy atom. The zero-order valence-electron chi connectivity index (χ0n) is 30.6. The van der Waals surface area contributed by atoms with Crippen LogP contribution in [0.15, 0.2) is 30.5 Å². The second kappa shape index (κ2) is 13.4. The van der Waals surface area contributed by atoms with Crippen molar-refractivity contribution in [2.75, 3.05) is 13.7 Å². The highest BCUT2D eigenvalue weighted by atomic mass is 32.2. The van der Waals surface area contributed by atoms with Gasteiger partial charge in [0.25, 0.3) is 5.91 Å². The van der Waals surface area contributed by atoms with Crippen molar-refractivity contribution in [2.45, 2.75) is 116 Å². The van der Waals surface area contributed by atoms with Crippen LogP contribution in [0.1, 0.15) is 81.1 Å². The highest BCUT2D eigenvalue weighted by Gasteiger charge is 2.61. The van der Waals surface area contributed by atoms with E-state index >= 15 is 0 Å². The molecular weight excluding hydrogens is 682 g/mol. The molecule has 5 atom stereocenters. The monoisotopic (exact) mass is 731 g/mol. The highest BCUT2D eigenvalue weighted by molar-refractivity contribution is 7.85. The number of aromatic nitrogens is 1. The number of rotatable bonds is 11. The minimum atomic E-state index is -4.44. The smallest absolute Gasteiger partial charge is 0.408 e. The number of amides is 4. The van der Waals surface area contributed by atoms with E-state index in [1.165, 1.54) is 4.90 Å². The van der Waals surface area contributed by atoms with Crippen molar-refractivity contribution in [1.82, 2.24) is 25.2 Å². The summed E-state index contributed by atoms with van der Waals surface area (Å²) in [5.74, 6) is -1.64. The first-order valence-electron chi connectivity index (χ1n) is 17.0. The number of alkyl carbamates (subject to hydrolysis) is 1. The van der Waals surface area contributed by atoms with Gasteiger partial charge in [-0.05, 0) is 87.9 Å². The van der Waals surface area contributed by atoms with E-state index in [2.05, 4.69) is 15.6 Å². The van der Waals surface area contributed by atoms with Gasteiger partial charge in [0.15, 0.2) is 0 Å². The fourth-order valence-electron chi connectivity index (χ4n) is 6.15. The van der Waals surface area contributed by atoms with E-state index in [0.29, 0.717) is 24.0 Å². The molecule has 5 rings (SSSR count). The molecule has 3 aliphatic rings. The van der Waals surface area contributed by atoms with Gasteiger partial charge in [-0.1, -0.05) is 27.7 Å². The van der Waals surface area contributed by atoms with Gasteiger partial charge in [0.1, 0.15) is 35.1 Å². The summed E-state index contributed by atoms with van der Waals surface area (Å²) in [5, 5.41) is 6.94. The number of fused-ring (bicyclic) bond motifs is 1. The van der Waals surface area contributed by atoms with E-state index in [9.17, 15) is 27.6 Å². The topological polar surface area (TPSA) is 192 Å². The lowest BCUT2D eigenvalue weighted by Gasteiger charge is -2.36. The minimum absolute atomic E-state index is 0.0148. The maximum atomic E-state index is 14.4. The molecule has 3 N–H and O–H groups in total. The Morgan fingerprint density at radius 3 is 2.29 bits per heavy atom. The van der Waals surface area contributed by atoms with Crippen molar-refractivity contribution in [3.8, 4) is 11.6 Å². The summed E-state index contributed by atoms with van der Waals surface area (Å²) in [5.41, 5.74) is -4.05. The Labute approximate surface area is 298 Å². The van der Waals surface area contributed by atoms with E-state index in [0.717, 1.165) is 5.39 Å². The third kappa shape index (κ3) is 8.83. The number of nitrogens with zero attached hydrogens (tertiary/aromatic N) is 2. The minimum Gasteiger partial charge on any atom is -0.497 e. The van der Waals surface area contributed by atoms with Gasteiger partial charge >= 0.3 is 16.4 Å². The number of ether oxygens (including phenoxy) is 3. The molecule has 16 heteroatoms. The Bertz CT molecular complexity index is 1820. The van der Waals surface area contributed by atoms with E-state index in [1.807, 2.05) is 10.8 Å². The number of hydrogen-bond acceptors (Lipinski definition) is 11. The fraction of sp³-hybridized carbons (Fsp3) is 0.629. The van der Waals surface area contributed by atoms with Crippen LogP contribution in [0.25, 0.3) is 10.8 Å². The number of benzene rings is 1. The molecule has 2 heterocycles. The molecule has 1 aromatic heterocycles. The maximum Gasteiger partial charge on any atom is 0.408 e. The van der Waals surface area contributed by atoms with Crippen LogP contribution >= 0.6 is 0 Å². The SMILES string of the molecule is COc1ccc2c(O[C@@H]3CC(C(=O)N[C@]4(C(=O)NS(=O)(=O)OC5(C)CC5)C[C@H]4C)N(C(=O)[C@@H](NC(=O)OC(C)(C)C)C(C)(C)C)C3)nccc2c1. The third-order valence-corrected chi connectivity index (χ3v) is 10.4. The molecular formula is C35H49N5O10S. The van der Waals surface area contributed by atoms with Crippen LogP contribution < -0.4 is 24.8 Å². The van der Waals surface area contributed by atoms with Gasteiger partial charge in [-0.25, -0.2) is 18.7 Å². The molecule has 1 saturated heterocycles. The molecule has 2 aromatic rings. The number of hydrogen-bond donors (Lipinski definition) is 3. The second-order valence-electron chi connectivity index (χ2n) is 16.1. The van der Waals surface area contributed by atoms with Gasteiger partial charge in [-0.3, -0.25) is 14.4 Å². The number of methoxy groups -OCH3 is 1. The predicted molar refractivity (Wildman–Crippen MR) is 186 cm³/mol. The normalized spacial score (nSPS) is 24.6. The van der Waals surface area contributed by atoms with Crippen molar-refractivity contribution < 1.29 is 46.0 Å². The molecule has 0 radical (unpaired) electrons. The molecule has 51 heavy (non-hydrogen) atoms. The zero-order chi connectivity index (χ0) is 37.7. The van der Waals surface area contributed by atoms with E-state index < -0.39 is 80.4 Å². The Balaban J connectivity index is 1.42. The molecule has 1 unspecified atom stereocenters. The number of likely N-dealkylation sites (tertiary alicyclic amines) is 1. The highest BCUT2D eigenvalue weighted by Crippen LogP contribution is 2.45. The Kier molecular flexibility index (Phi) is 10.0. The van der Waals surface area contributed by atoms with E-state index in [4.69, 9.17) is 18.4 Å². The zero-order valence-corrected chi connectivity index (χ0v) is 31.4. The van der Waals surface area contributed by atoms with Crippen molar-refractivity contribution in [1.29, 1.82) is 0 Å². The number of carbonyl (C=O) groups is 4. The lowest BCUT2D eigenvalue weighted by atomic mass is 9.85. The van der Waals surface area contributed by atoms with Crippen LogP contribution in [0, 0.1) is 11.3 Å². The Hall–Kier alpha value is -4.18. The second-order valence-corrected chi connectivity index (χ2v) is 17.4. The van der Waals surface area contributed by atoms with Crippen LogP contribution in [0.5, 0.6) is 11.6 Å². The summed E-state index contributed by atoms with van der Waals surface area (Å²) in [6.45, 7) is 13.7. The maximum absolute atomic E-state index is 14.4. The first-order chi connectivity index (χ1) is 23.5. The van der Waals surface area contributed by atoms with Gasteiger partial charge in [-0.15, -0.1) is 0 Å². The van der Waals surface area contributed by atoms with Crippen molar-refractivity contribution in [3.63, 3.8) is 0 Å². The molecule has 3 fully saturated rings. The summed E-state index contributed by atoms with van der Waals surface area (Å²) in [4.78, 5) is 60.6. The van der Waals surface area contributed by atoms with E-state index in [-0.39, 0.29) is 25.3 Å². The lowest BCUT2D eigenvalue weighted by Crippen LogP contribution is -2.60. The molecule has 0 spiro atoms. The van der Waals surface area contributed by atoms with E-state index in [1.54, 1.807) is 86.9 Å². The largest absolute Gasteiger partial charge is 0.497 e. The van der Waals surface area contributed by atoms with Crippen molar-refractivity contribution in [3.05, 3.63) is 30.5 Å². The summed E-state index contributed by atoms with van der Waals surface area (Å²) in [6.07, 6.45) is 1.32. The average Bonchev–Trinajstić information content (AvgIpc) is 3.84. The summed E-state index contributed by atoms with van der Waals surface area (Å²) in [7, 11) is -2.88. The van der Waals surface area contributed by atoms with Crippen LogP contribution in [-0.4, -0.2) is 90.7 Å².